The third-order valence-corrected chi connectivity index (χ3v) is 1.72. The molecule has 3 nitrogen and oxygen atoms in total. The molecule has 0 aromatic heterocycles. The van der Waals surface area contributed by atoms with Crippen molar-refractivity contribution in [2.45, 2.75) is 31.8 Å². The molecule has 0 aromatic carbocycles. The van der Waals surface area contributed by atoms with E-state index in [4.69, 9.17) is 17.3 Å². The van der Waals surface area contributed by atoms with Gasteiger partial charge >= 0.3 is 0 Å². The number of hydrogen-bond acceptors (Lipinski definition) is 3. The van der Waals surface area contributed by atoms with E-state index < -0.39 is 0 Å². The molecule has 0 saturated carbocycles. The Morgan fingerprint density at radius 1 is 1.67 bits per heavy atom. The van der Waals surface area contributed by atoms with Gasteiger partial charge in [0, 0.05) is 12.6 Å². The Balaban J connectivity index is 3.76. The summed E-state index contributed by atoms with van der Waals surface area (Å²) >= 11 is 0. The van der Waals surface area contributed by atoms with Crippen LogP contribution in [0.1, 0.15) is 19.8 Å². The molecule has 0 rings (SSSR count). The van der Waals surface area contributed by atoms with E-state index in [-0.39, 0.29) is 18.7 Å². The van der Waals surface area contributed by atoms with Crippen molar-refractivity contribution in [1.29, 1.82) is 0 Å². The fourth-order valence-electron chi connectivity index (χ4n) is 0.983. The van der Waals surface area contributed by atoms with Crippen LogP contribution in [-0.4, -0.2) is 30.3 Å². The van der Waals surface area contributed by atoms with Gasteiger partial charge in [0.05, 0.1) is 12.6 Å². The highest BCUT2D eigenvalue weighted by atomic mass is 16.3. The Morgan fingerprint density at radius 2 is 2.33 bits per heavy atom. The van der Waals surface area contributed by atoms with E-state index in [0.717, 1.165) is 12.8 Å². The maximum Gasteiger partial charge on any atom is 0.0690 e. The van der Waals surface area contributed by atoms with Crippen LogP contribution >= 0.6 is 0 Å². The maximum atomic E-state index is 8.83. The molecular weight excluding hydrogens is 152 g/mol. The molecule has 3 heteroatoms. The molecule has 0 saturated heterocycles. The van der Waals surface area contributed by atoms with Crippen molar-refractivity contribution in [3.8, 4) is 12.3 Å². The molecule has 0 fully saturated rings. The molecule has 2 atom stereocenters. The molecular formula is C9H18N2O. The van der Waals surface area contributed by atoms with Gasteiger partial charge in [-0.15, -0.1) is 6.42 Å². The van der Waals surface area contributed by atoms with Crippen LogP contribution in [0.2, 0.25) is 0 Å². The van der Waals surface area contributed by atoms with Crippen LogP contribution in [0, 0.1) is 12.3 Å². The minimum absolute atomic E-state index is 0.0377. The Labute approximate surface area is 74.3 Å². The first-order valence-electron chi connectivity index (χ1n) is 4.31. The van der Waals surface area contributed by atoms with Gasteiger partial charge in [0.1, 0.15) is 0 Å². The van der Waals surface area contributed by atoms with E-state index >= 15 is 0 Å². The van der Waals surface area contributed by atoms with E-state index in [1.165, 1.54) is 0 Å². The fraction of sp³-hybridized carbons (Fsp3) is 0.778. The molecule has 0 bridgehead atoms. The van der Waals surface area contributed by atoms with Crippen molar-refractivity contribution in [3.63, 3.8) is 0 Å². The molecule has 0 aliphatic rings. The van der Waals surface area contributed by atoms with Crippen LogP contribution in [-0.2, 0) is 0 Å². The van der Waals surface area contributed by atoms with Crippen molar-refractivity contribution in [2.24, 2.45) is 5.73 Å². The molecule has 0 aliphatic heterocycles. The van der Waals surface area contributed by atoms with Crippen LogP contribution < -0.4 is 11.1 Å². The third-order valence-electron chi connectivity index (χ3n) is 1.72. The van der Waals surface area contributed by atoms with Crippen LogP contribution in [0.15, 0.2) is 0 Å². The summed E-state index contributed by atoms with van der Waals surface area (Å²) in [7, 11) is 0. The van der Waals surface area contributed by atoms with Crippen molar-refractivity contribution in [2.75, 3.05) is 13.2 Å². The predicted octanol–water partition coefficient (Wildman–Crippen LogP) is -0.302. The zero-order valence-corrected chi connectivity index (χ0v) is 7.59. The molecule has 0 aromatic rings. The Kier molecular flexibility index (Phi) is 6.78. The van der Waals surface area contributed by atoms with Gasteiger partial charge < -0.3 is 10.8 Å². The van der Waals surface area contributed by atoms with Crippen molar-refractivity contribution < 1.29 is 5.11 Å². The number of rotatable bonds is 6. The van der Waals surface area contributed by atoms with Crippen LogP contribution in [0.5, 0.6) is 0 Å². The summed E-state index contributed by atoms with van der Waals surface area (Å²) in [5, 5.41) is 11.9. The van der Waals surface area contributed by atoms with Gasteiger partial charge in [0.15, 0.2) is 0 Å². The second-order valence-electron chi connectivity index (χ2n) is 2.79. The van der Waals surface area contributed by atoms with Gasteiger partial charge in [0.2, 0.25) is 0 Å². The SMILES string of the molecule is C#CC(CCC)NC(CN)CO. The average molecular weight is 170 g/mol. The average Bonchev–Trinajstić information content (AvgIpc) is 2.12. The number of terminal acetylenes is 1. The number of nitrogens with two attached hydrogens (primary N) is 1. The Bertz CT molecular complexity index is 138. The Hall–Kier alpha value is -0.560. The lowest BCUT2D eigenvalue weighted by molar-refractivity contribution is 0.239. The summed E-state index contributed by atoms with van der Waals surface area (Å²) in [6.45, 7) is 2.53. The maximum absolute atomic E-state index is 8.83. The quantitative estimate of drug-likeness (QED) is 0.480. The van der Waals surface area contributed by atoms with E-state index in [1.54, 1.807) is 0 Å². The minimum atomic E-state index is -0.0717. The zero-order valence-electron chi connectivity index (χ0n) is 7.59. The molecule has 0 radical (unpaired) electrons. The van der Waals surface area contributed by atoms with E-state index in [2.05, 4.69) is 18.2 Å². The predicted molar refractivity (Wildman–Crippen MR) is 50.6 cm³/mol. The highest BCUT2D eigenvalue weighted by Crippen LogP contribution is 1.96. The third kappa shape index (κ3) is 4.35. The highest BCUT2D eigenvalue weighted by Gasteiger charge is 2.09. The summed E-state index contributed by atoms with van der Waals surface area (Å²) in [6.07, 6.45) is 7.24. The Morgan fingerprint density at radius 3 is 2.67 bits per heavy atom. The van der Waals surface area contributed by atoms with E-state index in [1.807, 2.05) is 0 Å². The van der Waals surface area contributed by atoms with Crippen molar-refractivity contribution >= 4 is 0 Å². The molecule has 70 valence electrons. The molecule has 0 aliphatic carbocycles. The van der Waals surface area contributed by atoms with Gasteiger partial charge in [-0.25, -0.2) is 0 Å². The first-order chi connectivity index (χ1) is 5.78. The first-order valence-corrected chi connectivity index (χ1v) is 4.31. The largest absolute Gasteiger partial charge is 0.395 e. The second kappa shape index (κ2) is 7.11. The lowest BCUT2D eigenvalue weighted by Gasteiger charge is -2.18. The molecule has 4 N–H and O–H groups in total. The molecule has 0 heterocycles. The molecule has 0 amide bonds. The zero-order chi connectivity index (χ0) is 9.40. The van der Waals surface area contributed by atoms with Crippen molar-refractivity contribution in [1.82, 2.24) is 5.32 Å². The number of aliphatic hydroxyl groups is 1. The number of aliphatic hydroxyl groups excluding tert-OH is 1. The summed E-state index contributed by atoms with van der Waals surface area (Å²) in [5.41, 5.74) is 5.39. The van der Waals surface area contributed by atoms with Gasteiger partial charge in [-0.2, -0.15) is 0 Å². The summed E-state index contributed by atoms with van der Waals surface area (Å²) in [4.78, 5) is 0. The van der Waals surface area contributed by atoms with Crippen LogP contribution in [0.25, 0.3) is 0 Å². The summed E-state index contributed by atoms with van der Waals surface area (Å²) < 4.78 is 0. The smallest absolute Gasteiger partial charge is 0.0690 e. The van der Waals surface area contributed by atoms with E-state index in [9.17, 15) is 0 Å². The van der Waals surface area contributed by atoms with Crippen molar-refractivity contribution in [3.05, 3.63) is 0 Å². The van der Waals surface area contributed by atoms with Gasteiger partial charge in [-0.3, -0.25) is 5.32 Å². The number of hydrogen-bond donors (Lipinski definition) is 3. The molecule has 12 heavy (non-hydrogen) atoms. The monoisotopic (exact) mass is 170 g/mol. The lowest BCUT2D eigenvalue weighted by Crippen LogP contribution is -2.44. The van der Waals surface area contributed by atoms with E-state index in [0.29, 0.717) is 6.54 Å². The lowest BCUT2D eigenvalue weighted by atomic mass is 10.1. The number of nitrogens with one attached hydrogen (secondary N) is 1. The topological polar surface area (TPSA) is 58.3 Å². The normalized spacial score (nSPS) is 15.2. The van der Waals surface area contributed by atoms with Crippen LogP contribution in [0.3, 0.4) is 0 Å². The molecule has 0 spiro atoms. The standard InChI is InChI=1S/C9H18N2O/c1-3-5-8(4-2)11-9(6-10)7-12/h2,8-9,11-12H,3,5-7,10H2,1H3. The fourth-order valence-corrected chi connectivity index (χ4v) is 0.983. The van der Waals surface area contributed by atoms with Gasteiger partial charge in [0.25, 0.3) is 0 Å². The van der Waals surface area contributed by atoms with Crippen LogP contribution in [0.4, 0.5) is 0 Å². The summed E-state index contributed by atoms with van der Waals surface area (Å²) in [5.74, 6) is 2.62. The second-order valence-corrected chi connectivity index (χ2v) is 2.79. The summed E-state index contributed by atoms with van der Waals surface area (Å²) in [6, 6.07) is -0.0340. The first kappa shape index (κ1) is 11.4. The minimum Gasteiger partial charge on any atom is -0.395 e. The van der Waals surface area contributed by atoms with Gasteiger partial charge in [-0.1, -0.05) is 19.3 Å². The highest BCUT2D eigenvalue weighted by molar-refractivity contribution is 4.99. The van der Waals surface area contributed by atoms with Gasteiger partial charge in [-0.05, 0) is 6.42 Å². The molecule has 2 unspecified atom stereocenters.